The molecular formula is C16H21FN3O2+. The molecule has 1 aliphatic carbocycles. The lowest BCUT2D eigenvalue weighted by Gasteiger charge is -2.22. The predicted octanol–water partition coefficient (Wildman–Crippen LogP) is 0.518. The van der Waals surface area contributed by atoms with Gasteiger partial charge in [-0.1, -0.05) is 12.1 Å². The molecule has 6 heteroatoms. The first-order valence-corrected chi connectivity index (χ1v) is 7.60. The van der Waals surface area contributed by atoms with Crippen molar-refractivity contribution in [2.45, 2.75) is 31.8 Å². The number of imide groups is 1. The van der Waals surface area contributed by atoms with Crippen LogP contribution < -0.4 is 10.2 Å². The van der Waals surface area contributed by atoms with Gasteiger partial charge in [-0.2, -0.15) is 0 Å². The Labute approximate surface area is 129 Å². The molecular weight excluding hydrogens is 285 g/mol. The van der Waals surface area contributed by atoms with Gasteiger partial charge in [-0.05, 0) is 37.8 Å². The van der Waals surface area contributed by atoms with E-state index in [0.717, 1.165) is 23.3 Å². The third-order valence-corrected chi connectivity index (χ3v) is 4.52. The minimum Gasteiger partial charge on any atom is -0.323 e. The Hall–Kier alpha value is -1.95. The van der Waals surface area contributed by atoms with Crippen LogP contribution in [0.15, 0.2) is 24.3 Å². The van der Waals surface area contributed by atoms with Crippen molar-refractivity contribution in [2.24, 2.45) is 5.92 Å². The molecule has 1 heterocycles. The van der Waals surface area contributed by atoms with Gasteiger partial charge in [0.25, 0.3) is 5.91 Å². The fourth-order valence-electron chi connectivity index (χ4n) is 3.12. The summed E-state index contributed by atoms with van der Waals surface area (Å²) in [5, 5.41) is 2.83. The van der Waals surface area contributed by atoms with Crippen LogP contribution >= 0.6 is 0 Å². The van der Waals surface area contributed by atoms with Gasteiger partial charge in [0.2, 0.25) is 0 Å². The van der Waals surface area contributed by atoms with Crippen LogP contribution in [-0.2, 0) is 11.3 Å². The molecule has 0 aromatic heterocycles. The fraction of sp³-hybridized carbons (Fsp3) is 0.500. The Kier molecular flexibility index (Phi) is 3.64. The molecule has 1 aliphatic heterocycles. The highest BCUT2D eigenvalue weighted by atomic mass is 19.1. The normalized spacial score (nSPS) is 26.2. The molecule has 3 rings (SSSR count). The average Bonchev–Trinajstić information content (AvgIpc) is 3.25. The molecule has 2 atom stereocenters. The highest BCUT2D eigenvalue weighted by Gasteiger charge is 2.56. The number of nitrogens with zero attached hydrogens (tertiary/aromatic N) is 1. The number of halogens is 1. The molecule has 3 amide bonds. The van der Waals surface area contributed by atoms with E-state index in [1.807, 2.05) is 20.0 Å². The number of hydrogen-bond acceptors (Lipinski definition) is 2. The molecule has 0 bridgehead atoms. The monoisotopic (exact) mass is 306 g/mol. The summed E-state index contributed by atoms with van der Waals surface area (Å²) in [7, 11) is 1.89. The largest absolute Gasteiger partial charge is 0.329 e. The van der Waals surface area contributed by atoms with Crippen molar-refractivity contribution in [1.82, 2.24) is 10.2 Å². The highest BCUT2D eigenvalue weighted by Crippen LogP contribution is 2.42. The summed E-state index contributed by atoms with van der Waals surface area (Å²) >= 11 is 0. The minimum absolute atomic E-state index is 0.140. The van der Waals surface area contributed by atoms with E-state index in [1.54, 1.807) is 6.07 Å². The lowest BCUT2D eigenvalue weighted by atomic mass is 9.96. The summed E-state index contributed by atoms with van der Waals surface area (Å²) in [6, 6.07) is 6.06. The molecule has 1 aromatic carbocycles. The van der Waals surface area contributed by atoms with E-state index in [1.165, 1.54) is 17.0 Å². The Morgan fingerprint density at radius 2 is 2.14 bits per heavy atom. The summed E-state index contributed by atoms with van der Waals surface area (Å²) in [5.41, 5.74) is 0.102. The van der Waals surface area contributed by atoms with E-state index >= 15 is 0 Å². The van der Waals surface area contributed by atoms with Crippen molar-refractivity contribution in [3.05, 3.63) is 35.6 Å². The van der Waals surface area contributed by atoms with Crippen LogP contribution in [0.3, 0.4) is 0 Å². The number of hydrogen-bond donors (Lipinski definition) is 2. The molecule has 0 radical (unpaired) electrons. The third-order valence-electron chi connectivity index (χ3n) is 4.52. The molecule has 5 nitrogen and oxygen atoms in total. The first-order chi connectivity index (χ1) is 10.4. The second-order valence-electron chi connectivity index (χ2n) is 6.56. The van der Waals surface area contributed by atoms with Gasteiger partial charge in [0.15, 0.2) is 6.67 Å². The van der Waals surface area contributed by atoms with Gasteiger partial charge >= 0.3 is 6.03 Å². The lowest BCUT2D eigenvalue weighted by Crippen LogP contribution is -3.09. The van der Waals surface area contributed by atoms with Crippen LogP contribution in [0.1, 0.15) is 25.3 Å². The lowest BCUT2D eigenvalue weighted by molar-refractivity contribution is -0.901. The van der Waals surface area contributed by atoms with Gasteiger partial charge in [-0.25, -0.2) is 14.1 Å². The number of rotatable bonds is 5. The van der Waals surface area contributed by atoms with Crippen molar-refractivity contribution in [3.63, 3.8) is 0 Å². The van der Waals surface area contributed by atoms with Gasteiger partial charge in [-0.15, -0.1) is 0 Å². The smallest absolute Gasteiger partial charge is 0.323 e. The van der Waals surface area contributed by atoms with E-state index in [2.05, 4.69) is 5.32 Å². The van der Waals surface area contributed by atoms with Crippen molar-refractivity contribution in [2.75, 3.05) is 13.7 Å². The summed E-state index contributed by atoms with van der Waals surface area (Å²) in [4.78, 5) is 26.9. The van der Waals surface area contributed by atoms with Crippen molar-refractivity contribution in [3.8, 4) is 0 Å². The van der Waals surface area contributed by atoms with Crippen LogP contribution in [0, 0.1) is 11.7 Å². The number of carbonyl (C=O) groups excluding carboxylic acids is 2. The topological polar surface area (TPSA) is 53.9 Å². The third kappa shape index (κ3) is 2.70. The summed E-state index contributed by atoms with van der Waals surface area (Å²) in [6.45, 7) is 2.64. The van der Waals surface area contributed by atoms with E-state index in [4.69, 9.17) is 0 Å². The number of carbonyl (C=O) groups is 2. The molecule has 1 saturated carbocycles. The van der Waals surface area contributed by atoms with E-state index in [0.29, 0.717) is 6.54 Å². The number of nitrogens with one attached hydrogen (secondary N) is 2. The Bertz CT molecular complexity index is 617. The zero-order valence-corrected chi connectivity index (χ0v) is 12.9. The van der Waals surface area contributed by atoms with Gasteiger partial charge in [0.1, 0.15) is 17.9 Å². The van der Waals surface area contributed by atoms with Crippen molar-refractivity contribution < 1.29 is 18.9 Å². The summed E-state index contributed by atoms with van der Waals surface area (Å²) in [5.74, 6) is -0.155. The Morgan fingerprint density at radius 3 is 2.77 bits per heavy atom. The van der Waals surface area contributed by atoms with E-state index in [9.17, 15) is 14.0 Å². The van der Waals surface area contributed by atoms with Crippen LogP contribution in [0.5, 0.6) is 0 Å². The zero-order chi connectivity index (χ0) is 15.9. The molecule has 1 aromatic rings. The predicted molar refractivity (Wildman–Crippen MR) is 78.4 cm³/mol. The molecule has 2 N–H and O–H groups in total. The maximum atomic E-state index is 13.2. The quantitative estimate of drug-likeness (QED) is 0.779. The SMILES string of the molecule is C[NH+](Cc1cccc(F)c1)CN1C(=O)N[C@@](C)(C2CC2)C1=O. The van der Waals surface area contributed by atoms with Crippen LogP contribution in [0.4, 0.5) is 9.18 Å². The molecule has 1 unspecified atom stereocenters. The van der Waals surface area contributed by atoms with Crippen molar-refractivity contribution in [1.29, 1.82) is 0 Å². The second kappa shape index (κ2) is 5.35. The molecule has 2 fully saturated rings. The maximum absolute atomic E-state index is 13.2. The number of quaternary nitrogens is 1. The van der Waals surface area contributed by atoms with Gasteiger partial charge in [0, 0.05) is 5.56 Å². The van der Waals surface area contributed by atoms with Gasteiger partial charge in [-0.3, -0.25) is 4.79 Å². The van der Waals surface area contributed by atoms with Crippen LogP contribution in [0.25, 0.3) is 0 Å². The first kappa shape index (κ1) is 15.0. The minimum atomic E-state index is -0.740. The van der Waals surface area contributed by atoms with E-state index < -0.39 is 5.54 Å². The number of urea groups is 1. The number of amides is 3. The first-order valence-electron chi connectivity index (χ1n) is 7.60. The maximum Gasteiger partial charge on any atom is 0.329 e. The van der Waals surface area contributed by atoms with Crippen LogP contribution in [0.2, 0.25) is 0 Å². The molecule has 22 heavy (non-hydrogen) atoms. The molecule has 0 spiro atoms. The standard InChI is InChI=1S/C16H20FN3O2/c1-16(12-6-7-12)14(21)20(15(22)18-16)10-19(2)9-11-4-3-5-13(17)8-11/h3-5,8,12H,6-7,9-10H2,1-2H3,(H,18,22)/p+1/t16-/m0/s1. The second-order valence-corrected chi connectivity index (χ2v) is 6.56. The number of benzene rings is 1. The van der Waals surface area contributed by atoms with Gasteiger partial charge in [0.05, 0.1) is 7.05 Å². The average molecular weight is 306 g/mol. The highest BCUT2D eigenvalue weighted by molar-refractivity contribution is 6.07. The molecule has 2 aliphatic rings. The Morgan fingerprint density at radius 1 is 1.41 bits per heavy atom. The molecule has 1 saturated heterocycles. The van der Waals surface area contributed by atoms with Gasteiger partial charge < -0.3 is 10.2 Å². The van der Waals surface area contributed by atoms with E-state index in [-0.39, 0.29) is 30.3 Å². The Balaban J connectivity index is 1.65. The molecule has 118 valence electrons. The van der Waals surface area contributed by atoms with Crippen molar-refractivity contribution >= 4 is 11.9 Å². The zero-order valence-electron chi connectivity index (χ0n) is 12.9. The summed E-state index contributed by atoms with van der Waals surface area (Å²) < 4.78 is 13.2. The van der Waals surface area contributed by atoms with Crippen LogP contribution in [-0.4, -0.2) is 36.1 Å². The fourth-order valence-corrected chi connectivity index (χ4v) is 3.12. The summed E-state index contributed by atoms with van der Waals surface area (Å²) in [6.07, 6.45) is 1.98.